The molecule has 2 heterocycles. The van der Waals surface area contributed by atoms with E-state index in [1.54, 1.807) is 31.2 Å². The second kappa shape index (κ2) is 31.5. The van der Waals surface area contributed by atoms with Crippen LogP contribution in [0.3, 0.4) is 0 Å². The average Bonchev–Trinajstić information content (AvgIpc) is 3.03. The first-order valence-corrected chi connectivity index (χ1v) is 13.7. The quantitative estimate of drug-likeness (QED) is 0.0919. The van der Waals surface area contributed by atoms with E-state index < -0.39 is 5.56 Å². The van der Waals surface area contributed by atoms with Crippen LogP contribution in [0.15, 0.2) is 48.4 Å². The molecule has 0 aliphatic rings. The molecule has 13 nitrogen and oxygen atoms in total. The summed E-state index contributed by atoms with van der Waals surface area (Å²) < 4.78 is 0. The van der Waals surface area contributed by atoms with Gasteiger partial charge in [-0.3, -0.25) is 14.6 Å². The summed E-state index contributed by atoms with van der Waals surface area (Å²) in [5.41, 5.74) is 7.46. The zero-order valence-corrected chi connectivity index (χ0v) is 26.6. The smallest absolute Gasteiger partial charge is 0.280 e. The number of benzene rings is 1. The molecule has 7 N–H and O–H groups in total. The molecule has 2 aromatic heterocycles. The predicted octanol–water partition coefficient (Wildman–Crippen LogP) is 6.04. The van der Waals surface area contributed by atoms with E-state index in [4.69, 9.17) is 11.0 Å². The summed E-state index contributed by atoms with van der Waals surface area (Å²) in [6, 6.07) is 7.10. The SMILES string of the molecule is C=C.CC.CC.CC(=O)c1ccc(NCc2cnc3nc(N)[nH]c(=O)c3n2)cc1.CCC(C)=O.CCCC.NOOO. The summed E-state index contributed by atoms with van der Waals surface area (Å²) in [4.78, 5) is 50.6. The highest BCUT2D eigenvalue weighted by Crippen LogP contribution is 2.11. The molecule has 0 saturated heterocycles. The fraction of sp³-hybridized carbons (Fsp3) is 0.448. The molecule has 0 aliphatic heterocycles. The largest absolute Gasteiger partial charge is 0.379 e. The van der Waals surface area contributed by atoms with Crippen molar-refractivity contribution < 1.29 is 24.9 Å². The van der Waals surface area contributed by atoms with E-state index in [0.29, 0.717) is 24.2 Å². The molecule has 0 saturated carbocycles. The van der Waals surface area contributed by atoms with Crippen LogP contribution in [0.1, 0.15) is 97.6 Å². The van der Waals surface area contributed by atoms with Crippen LogP contribution in [0.25, 0.3) is 11.2 Å². The normalized spacial score (nSPS) is 8.55. The van der Waals surface area contributed by atoms with Crippen molar-refractivity contribution in [2.75, 3.05) is 11.1 Å². The van der Waals surface area contributed by atoms with E-state index >= 15 is 0 Å². The van der Waals surface area contributed by atoms with Crippen molar-refractivity contribution in [2.45, 2.75) is 88.1 Å². The van der Waals surface area contributed by atoms with Gasteiger partial charge in [0.2, 0.25) is 5.95 Å². The predicted molar refractivity (Wildman–Crippen MR) is 171 cm³/mol. The topological polar surface area (TPSA) is 208 Å². The maximum Gasteiger partial charge on any atom is 0.280 e. The van der Waals surface area contributed by atoms with Crippen molar-refractivity contribution in [1.29, 1.82) is 0 Å². The summed E-state index contributed by atoms with van der Waals surface area (Å²) in [5.74, 6) is 4.33. The molecule has 1 aromatic carbocycles. The number of nitrogen functional groups attached to an aromatic ring is 1. The summed E-state index contributed by atoms with van der Waals surface area (Å²) in [6.45, 7) is 23.7. The second-order valence-corrected chi connectivity index (χ2v) is 7.20. The molecule has 0 amide bonds. The summed E-state index contributed by atoms with van der Waals surface area (Å²) in [7, 11) is 0. The molecule has 42 heavy (non-hydrogen) atoms. The van der Waals surface area contributed by atoms with E-state index in [1.165, 1.54) is 26.0 Å². The van der Waals surface area contributed by atoms with Gasteiger partial charge in [-0.2, -0.15) is 10.9 Å². The van der Waals surface area contributed by atoms with Crippen LogP contribution >= 0.6 is 0 Å². The number of rotatable bonds is 7. The molecule has 0 spiro atoms. The Morgan fingerprint density at radius 1 is 1.00 bits per heavy atom. The summed E-state index contributed by atoms with van der Waals surface area (Å²) in [5, 5.41) is 13.0. The van der Waals surface area contributed by atoms with E-state index in [9.17, 15) is 14.4 Å². The molecule has 0 aliphatic carbocycles. The van der Waals surface area contributed by atoms with Gasteiger partial charge in [0, 0.05) is 17.7 Å². The monoisotopic (exact) mass is 593 g/mol. The van der Waals surface area contributed by atoms with Gasteiger partial charge in [0.1, 0.15) is 5.78 Å². The maximum absolute atomic E-state index is 11.8. The van der Waals surface area contributed by atoms with Crippen LogP contribution in [0, 0.1) is 0 Å². The van der Waals surface area contributed by atoms with Gasteiger partial charge in [-0.05, 0) is 38.1 Å². The van der Waals surface area contributed by atoms with Gasteiger partial charge in [-0.15, -0.1) is 18.1 Å². The molecule has 0 atom stereocenters. The standard InChI is InChI=1S/C15H14N6O2.C4H8O.C4H10.2C2H6.C2H4.H3NO3/c1-8(22)9-2-4-10(5-3-9)17-6-11-7-18-13-12(19-11)14(23)21-15(16)20-13;1-3-4(2)5;1-3-4-2;3*1-2;1-3-4-2/h2-5,7,17H,6H2,1H3,(H3,16,18,20,21,23);3H2,1-2H3;3-4H2,1-2H3;2*1-2H3;1-2H2;2H,1H2. The van der Waals surface area contributed by atoms with E-state index in [1.807, 2.05) is 34.6 Å². The van der Waals surface area contributed by atoms with Crippen LogP contribution in [0.4, 0.5) is 11.6 Å². The van der Waals surface area contributed by atoms with Gasteiger partial charge in [0.15, 0.2) is 16.9 Å². The Morgan fingerprint density at radius 3 is 1.86 bits per heavy atom. The number of unbranched alkanes of at least 4 members (excludes halogenated alkanes) is 1. The number of H-pyrrole nitrogens is 1. The number of hydrogen-bond acceptors (Lipinski definition) is 12. The fourth-order valence-corrected chi connectivity index (χ4v) is 2.07. The van der Waals surface area contributed by atoms with Gasteiger partial charge in [-0.25, -0.2) is 15.2 Å². The molecule has 3 rings (SSSR count). The van der Waals surface area contributed by atoms with Gasteiger partial charge >= 0.3 is 0 Å². The van der Waals surface area contributed by atoms with Gasteiger partial charge < -0.3 is 15.8 Å². The lowest BCUT2D eigenvalue weighted by molar-refractivity contribution is -0.494. The van der Waals surface area contributed by atoms with Crippen LogP contribution < -0.4 is 22.5 Å². The number of aromatic nitrogens is 4. The first kappa shape index (κ1) is 45.0. The molecular weight excluding hydrogens is 542 g/mol. The lowest BCUT2D eigenvalue weighted by atomic mass is 10.1. The van der Waals surface area contributed by atoms with Gasteiger partial charge in [-0.1, -0.05) is 66.3 Å². The highest BCUT2D eigenvalue weighted by molar-refractivity contribution is 5.94. The Kier molecular flexibility index (Phi) is 33.7. The second-order valence-electron chi connectivity index (χ2n) is 7.20. The number of nitrogens with zero attached hydrogens (tertiary/aromatic N) is 3. The Hall–Kier alpha value is -4.04. The number of aromatic amines is 1. The minimum absolute atomic E-state index is 0.00763. The Bertz CT molecular complexity index is 1130. The molecule has 13 heteroatoms. The Morgan fingerprint density at radius 2 is 1.48 bits per heavy atom. The molecule has 0 bridgehead atoms. The number of Topliss-reactive ketones (excluding diaryl/α,β-unsaturated/α-hetero) is 2. The summed E-state index contributed by atoms with van der Waals surface area (Å²) >= 11 is 0. The first-order valence-electron chi connectivity index (χ1n) is 13.7. The van der Waals surface area contributed by atoms with Gasteiger partial charge in [0.25, 0.3) is 5.56 Å². The molecule has 0 fully saturated rings. The number of carbonyl (C=O) groups is 2. The molecular formula is C29H51N7O6. The fourth-order valence-electron chi connectivity index (χ4n) is 2.07. The van der Waals surface area contributed by atoms with Crippen LogP contribution in [0.5, 0.6) is 0 Å². The number of hydrogen-bond donors (Lipinski definition) is 5. The lowest BCUT2D eigenvalue weighted by Gasteiger charge is -2.07. The molecule has 238 valence electrons. The lowest BCUT2D eigenvalue weighted by Crippen LogP contribution is -2.15. The van der Waals surface area contributed by atoms with Crippen molar-refractivity contribution in [3.05, 3.63) is 65.2 Å². The number of nitrogens with one attached hydrogen (secondary N) is 2. The Balaban J connectivity index is -0.000000315. The Labute approximate surface area is 249 Å². The third-order valence-electron chi connectivity index (χ3n) is 4.29. The number of carbonyl (C=O) groups excluding carboxylic acids is 2. The van der Waals surface area contributed by atoms with E-state index in [2.05, 4.69) is 68.2 Å². The molecule has 0 radical (unpaired) electrons. The van der Waals surface area contributed by atoms with Crippen molar-refractivity contribution in [1.82, 2.24) is 19.9 Å². The van der Waals surface area contributed by atoms with Crippen LogP contribution in [-0.2, 0) is 21.4 Å². The zero-order valence-electron chi connectivity index (χ0n) is 26.6. The van der Waals surface area contributed by atoms with E-state index in [0.717, 1.165) is 5.69 Å². The molecule has 3 aromatic rings. The van der Waals surface area contributed by atoms with Crippen LogP contribution in [0.2, 0.25) is 0 Å². The van der Waals surface area contributed by atoms with Crippen molar-refractivity contribution in [2.24, 2.45) is 5.90 Å². The molecule has 0 unspecified atom stereocenters. The van der Waals surface area contributed by atoms with Crippen LogP contribution in [-0.4, -0.2) is 36.8 Å². The highest BCUT2D eigenvalue weighted by atomic mass is 17.5. The van der Waals surface area contributed by atoms with E-state index in [-0.39, 0.29) is 28.7 Å². The first-order chi connectivity index (χ1) is 20.1. The number of fused-ring (bicyclic) bond motifs is 1. The minimum atomic E-state index is -0.423. The third kappa shape index (κ3) is 22.7. The van der Waals surface area contributed by atoms with Gasteiger partial charge in [0.05, 0.1) is 18.4 Å². The maximum atomic E-state index is 11.8. The minimum Gasteiger partial charge on any atom is -0.379 e. The third-order valence-corrected chi connectivity index (χ3v) is 4.29. The van der Waals surface area contributed by atoms with Crippen molar-refractivity contribution in [3.8, 4) is 0 Å². The van der Waals surface area contributed by atoms with Crippen molar-refractivity contribution in [3.63, 3.8) is 0 Å². The number of anilines is 2. The average molecular weight is 594 g/mol. The summed E-state index contributed by atoms with van der Waals surface area (Å²) in [6.07, 6.45) is 4.84. The van der Waals surface area contributed by atoms with Crippen molar-refractivity contribution >= 4 is 34.4 Å². The zero-order chi connectivity index (χ0) is 33.5. The highest BCUT2D eigenvalue weighted by Gasteiger charge is 2.07. The number of nitrogens with two attached hydrogens (primary N) is 2. The number of ketones is 2.